The zero-order valence-electron chi connectivity index (χ0n) is 7.31. The molecule has 1 aromatic carbocycles. The third-order valence-corrected chi connectivity index (χ3v) is 1.75. The molecule has 0 aromatic heterocycles. The molecule has 1 amide bonds. The summed E-state index contributed by atoms with van der Waals surface area (Å²) < 4.78 is 0. The Morgan fingerprint density at radius 2 is 2.00 bits per heavy atom. The molecule has 0 aliphatic carbocycles. The van der Waals surface area contributed by atoms with Crippen LogP contribution in [0.15, 0.2) is 30.3 Å². The molecule has 0 saturated heterocycles. The van der Waals surface area contributed by atoms with Crippen LogP contribution in [0, 0.1) is 0 Å². The van der Waals surface area contributed by atoms with Crippen LogP contribution in [0.4, 0.5) is 0 Å². The highest BCUT2D eigenvalue weighted by Gasteiger charge is 2.07. The maximum absolute atomic E-state index is 10.5. The lowest BCUT2D eigenvalue weighted by Gasteiger charge is -2.07. The number of primary amides is 1. The lowest BCUT2D eigenvalue weighted by Crippen LogP contribution is -2.21. The summed E-state index contributed by atoms with van der Waals surface area (Å²) in [5.41, 5.74) is 5.96. The number of rotatable bonds is 4. The maximum Gasteiger partial charge on any atom is 0.220 e. The highest BCUT2D eigenvalue weighted by Crippen LogP contribution is 2.04. The summed E-state index contributed by atoms with van der Waals surface area (Å²) in [6.07, 6.45) is -0.168. The minimum absolute atomic E-state index is 0.0227. The van der Waals surface area contributed by atoms with E-state index in [0.717, 1.165) is 5.56 Å². The van der Waals surface area contributed by atoms with Gasteiger partial charge >= 0.3 is 0 Å². The number of carbonyl (C=O) groups excluding carboxylic acids is 1. The summed E-state index contributed by atoms with van der Waals surface area (Å²) in [4.78, 5) is 10.5. The molecule has 0 fully saturated rings. The van der Waals surface area contributed by atoms with Crippen molar-refractivity contribution in [2.75, 3.05) is 0 Å². The molecule has 0 radical (unpaired) electrons. The fourth-order valence-corrected chi connectivity index (χ4v) is 1.19. The van der Waals surface area contributed by atoms with E-state index in [0.29, 0.717) is 6.42 Å². The molecule has 3 heteroatoms. The largest absolute Gasteiger partial charge is 0.392 e. The fraction of sp³-hybridized carbons (Fsp3) is 0.300. The molecular weight excluding hydrogens is 166 g/mol. The van der Waals surface area contributed by atoms with Gasteiger partial charge in [-0.15, -0.1) is 0 Å². The van der Waals surface area contributed by atoms with Crippen molar-refractivity contribution >= 4 is 5.91 Å². The highest BCUT2D eigenvalue weighted by atomic mass is 16.3. The predicted molar refractivity (Wildman–Crippen MR) is 50.0 cm³/mol. The number of carbonyl (C=O) groups is 1. The first-order chi connectivity index (χ1) is 6.18. The van der Waals surface area contributed by atoms with E-state index < -0.39 is 12.0 Å². The molecule has 0 bridgehead atoms. The van der Waals surface area contributed by atoms with Crippen LogP contribution in [0.3, 0.4) is 0 Å². The van der Waals surface area contributed by atoms with Crippen LogP contribution < -0.4 is 5.73 Å². The Bertz CT molecular complexity index is 272. The number of hydrogen-bond acceptors (Lipinski definition) is 2. The summed E-state index contributed by atoms with van der Waals surface area (Å²) in [6.45, 7) is 0. The Kier molecular flexibility index (Phi) is 3.46. The lowest BCUT2D eigenvalue weighted by atomic mass is 10.1. The van der Waals surface area contributed by atoms with Crippen LogP contribution in [0.1, 0.15) is 12.0 Å². The molecule has 1 aromatic rings. The van der Waals surface area contributed by atoms with E-state index in [4.69, 9.17) is 5.73 Å². The van der Waals surface area contributed by atoms with Gasteiger partial charge in [0, 0.05) is 0 Å². The number of aliphatic hydroxyl groups excluding tert-OH is 1. The van der Waals surface area contributed by atoms with Crippen LogP contribution in [-0.2, 0) is 11.2 Å². The van der Waals surface area contributed by atoms with Crippen LogP contribution in [0.5, 0.6) is 0 Å². The van der Waals surface area contributed by atoms with Crippen molar-refractivity contribution < 1.29 is 9.90 Å². The highest BCUT2D eigenvalue weighted by molar-refractivity contribution is 5.74. The molecule has 3 N–H and O–H groups in total. The molecule has 70 valence electrons. The van der Waals surface area contributed by atoms with E-state index in [1.54, 1.807) is 0 Å². The third-order valence-electron chi connectivity index (χ3n) is 1.75. The molecule has 0 saturated carbocycles. The van der Waals surface area contributed by atoms with Crippen molar-refractivity contribution in [3.05, 3.63) is 35.9 Å². The first kappa shape index (κ1) is 9.74. The molecule has 1 atom stereocenters. The van der Waals surface area contributed by atoms with E-state index >= 15 is 0 Å². The van der Waals surface area contributed by atoms with Gasteiger partial charge in [0.25, 0.3) is 0 Å². The maximum atomic E-state index is 10.5. The van der Waals surface area contributed by atoms with Gasteiger partial charge < -0.3 is 10.8 Å². The minimum atomic E-state index is -0.667. The van der Waals surface area contributed by atoms with Gasteiger partial charge in [-0.1, -0.05) is 30.3 Å². The van der Waals surface area contributed by atoms with E-state index in [1.807, 2.05) is 30.3 Å². The van der Waals surface area contributed by atoms with Crippen molar-refractivity contribution in [2.24, 2.45) is 5.73 Å². The van der Waals surface area contributed by atoms with Crippen molar-refractivity contribution in [1.82, 2.24) is 0 Å². The predicted octanol–water partition coefficient (Wildman–Crippen LogP) is 0.465. The average molecular weight is 179 g/mol. The average Bonchev–Trinajstić information content (AvgIpc) is 2.04. The number of amides is 1. The van der Waals surface area contributed by atoms with Gasteiger partial charge in [-0.2, -0.15) is 0 Å². The van der Waals surface area contributed by atoms with Crippen LogP contribution in [0.25, 0.3) is 0 Å². The standard InChI is InChI=1S/C10H13NO2/c11-10(13)7-9(12)6-8-4-2-1-3-5-8/h1-5,9,12H,6-7H2,(H2,11,13)/t9-/m0/s1. The zero-order chi connectivity index (χ0) is 9.68. The van der Waals surface area contributed by atoms with E-state index in [-0.39, 0.29) is 6.42 Å². The number of nitrogens with two attached hydrogens (primary N) is 1. The zero-order valence-corrected chi connectivity index (χ0v) is 7.31. The van der Waals surface area contributed by atoms with Gasteiger partial charge in [0.1, 0.15) is 0 Å². The third kappa shape index (κ3) is 3.71. The van der Waals surface area contributed by atoms with Gasteiger partial charge in [-0.05, 0) is 12.0 Å². The van der Waals surface area contributed by atoms with Gasteiger partial charge in [0.2, 0.25) is 5.91 Å². The molecule has 0 spiro atoms. The SMILES string of the molecule is NC(=O)C[C@@H](O)Cc1ccccc1. The topological polar surface area (TPSA) is 63.3 Å². The molecular formula is C10H13NO2. The number of hydrogen-bond donors (Lipinski definition) is 2. The summed E-state index contributed by atoms with van der Waals surface area (Å²) in [5.74, 6) is -0.469. The van der Waals surface area contributed by atoms with Crippen molar-refractivity contribution in [2.45, 2.75) is 18.9 Å². The van der Waals surface area contributed by atoms with E-state index in [9.17, 15) is 9.90 Å². The molecule has 0 aliphatic rings. The van der Waals surface area contributed by atoms with E-state index in [1.165, 1.54) is 0 Å². The van der Waals surface area contributed by atoms with Gasteiger partial charge in [-0.3, -0.25) is 4.79 Å². The Labute approximate surface area is 77.2 Å². The summed E-state index contributed by atoms with van der Waals surface area (Å²) in [5, 5.41) is 9.37. The van der Waals surface area contributed by atoms with Crippen LogP contribution >= 0.6 is 0 Å². The Morgan fingerprint density at radius 3 is 2.54 bits per heavy atom. The summed E-state index contributed by atoms with van der Waals surface area (Å²) in [7, 11) is 0. The van der Waals surface area contributed by atoms with Crippen molar-refractivity contribution in [3.8, 4) is 0 Å². The van der Waals surface area contributed by atoms with Crippen LogP contribution in [-0.4, -0.2) is 17.1 Å². The van der Waals surface area contributed by atoms with Crippen molar-refractivity contribution in [3.63, 3.8) is 0 Å². The second-order valence-corrected chi connectivity index (χ2v) is 3.01. The minimum Gasteiger partial charge on any atom is -0.392 e. The van der Waals surface area contributed by atoms with Gasteiger partial charge in [0.05, 0.1) is 12.5 Å². The normalized spacial score (nSPS) is 12.4. The summed E-state index contributed by atoms with van der Waals surface area (Å²) >= 11 is 0. The first-order valence-corrected chi connectivity index (χ1v) is 4.19. The second kappa shape index (κ2) is 4.62. The monoisotopic (exact) mass is 179 g/mol. The molecule has 0 aliphatic heterocycles. The Hall–Kier alpha value is -1.35. The smallest absolute Gasteiger partial charge is 0.220 e. The van der Waals surface area contributed by atoms with Crippen LogP contribution in [0.2, 0.25) is 0 Å². The quantitative estimate of drug-likeness (QED) is 0.705. The molecule has 13 heavy (non-hydrogen) atoms. The Morgan fingerprint density at radius 1 is 1.38 bits per heavy atom. The summed E-state index contributed by atoms with van der Waals surface area (Å²) in [6, 6.07) is 9.51. The van der Waals surface area contributed by atoms with E-state index in [2.05, 4.69) is 0 Å². The molecule has 1 rings (SSSR count). The van der Waals surface area contributed by atoms with Crippen molar-refractivity contribution in [1.29, 1.82) is 0 Å². The number of aliphatic hydroxyl groups is 1. The molecule has 0 heterocycles. The molecule has 0 unspecified atom stereocenters. The molecule has 3 nitrogen and oxygen atoms in total. The Balaban J connectivity index is 2.45. The lowest BCUT2D eigenvalue weighted by molar-refractivity contribution is -0.119. The first-order valence-electron chi connectivity index (χ1n) is 4.19. The second-order valence-electron chi connectivity index (χ2n) is 3.01. The van der Waals surface area contributed by atoms with Gasteiger partial charge in [0.15, 0.2) is 0 Å². The fourth-order valence-electron chi connectivity index (χ4n) is 1.19. The number of benzene rings is 1. The van der Waals surface area contributed by atoms with Gasteiger partial charge in [-0.25, -0.2) is 0 Å².